The molecular weight excluding hydrogens is 273 g/mol. The van der Waals surface area contributed by atoms with E-state index in [1.54, 1.807) is 17.0 Å². The van der Waals surface area contributed by atoms with Crippen LogP contribution in [-0.2, 0) is 0 Å². The Bertz CT molecular complexity index is 643. The molecule has 1 fully saturated rings. The first-order valence-electron chi connectivity index (χ1n) is 6.82. The topological polar surface area (TPSA) is 63.1 Å². The molecule has 1 aliphatic heterocycles. The van der Waals surface area contributed by atoms with E-state index in [1.165, 1.54) is 23.4 Å². The molecule has 1 saturated heterocycles. The summed E-state index contributed by atoms with van der Waals surface area (Å²) in [6.45, 7) is 4.04. The molecule has 0 aliphatic carbocycles. The smallest absolute Gasteiger partial charge is 0.254 e. The summed E-state index contributed by atoms with van der Waals surface area (Å²) < 4.78 is 15.5. The lowest BCUT2D eigenvalue weighted by atomic mass is 10.1. The predicted octanol–water partition coefficient (Wildman–Crippen LogP) is 0.840. The molecule has 1 N–H and O–H groups in total. The number of benzene rings is 1. The van der Waals surface area contributed by atoms with Crippen molar-refractivity contribution in [3.63, 3.8) is 0 Å². The summed E-state index contributed by atoms with van der Waals surface area (Å²) in [4.78, 5) is 17.9. The number of hydrogen-bond acceptors (Lipinski definition) is 4. The summed E-state index contributed by atoms with van der Waals surface area (Å²) >= 11 is 0. The fourth-order valence-electron chi connectivity index (χ4n) is 2.46. The first kappa shape index (κ1) is 13.7. The van der Waals surface area contributed by atoms with Gasteiger partial charge in [0, 0.05) is 31.2 Å². The van der Waals surface area contributed by atoms with Gasteiger partial charge in [0.25, 0.3) is 5.91 Å². The van der Waals surface area contributed by atoms with Crippen LogP contribution in [0.5, 0.6) is 0 Å². The fourth-order valence-corrected chi connectivity index (χ4v) is 2.46. The van der Waals surface area contributed by atoms with E-state index < -0.39 is 5.82 Å². The van der Waals surface area contributed by atoms with Crippen molar-refractivity contribution in [1.29, 1.82) is 0 Å². The second-order valence-electron chi connectivity index (χ2n) is 5.11. The van der Waals surface area contributed by atoms with Gasteiger partial charge in [-0.1, -0.05) is 0 Å². The maximum Gasteiger partial charge on any atom is 0.254 e. The first-order chi connectivity index (χ1) is 10.1. The number of amides is 1. The molecular formula is C14H16FN5O. The molecule has 7 heteroatoms. The van der Waals surface area contributed by atoms with Crippen LogP contribution in [0.4, 0.5) is 4.39 Å². The Morgan fingerprint density at radius 3 is 3.00 bits per heavy atom. The van der Waals surface area contributed by atoms with Gasteiger partial charge in [0.15, 0.2) is 0 Å². The third-order valence-corrected chi connectivity index (χ3v) is 3.52. The Balaban J connectivity index is 1.83. The fraction of sp³-hybridized carbons (Fsp3) is 0.357. The molecule has 0 saturated carbocycles. The van der Waals surface area contributed by atoms with Crippen LogP contribution >= 0.6 is 0 Å². The van der Waals surface area contributed by atoms with E-state index >= 15 is 0 Å². The third kappa shape index (κ3) is 2.78. The van der Waals surface area contributed by atoms with Crippen molar-refractivity contribution < 1.29 is 9.18 Å². The average Bonchev–Trinajstić information content (AvgIpc) is 3.00. The van der Waals surface area contributed by atoms with Crippen molar-refractivity contribution in [2.45, 2.75) is 13.0 Å². The molecule has 1 aliphatic rings. The predicted molar refractivity (Wildman–Crippen MR) is 74.7 cm³/mol. The van der Waals surface area contributed by atoms with E-state index in [2.05, 4.69) is 15.4 Å². The molecule has 2 aromatic rings. The van der Waals surface area contributed by atoms with Gasteiger partial charge in [-0.15, -0.1) is 0 Å². The SMILES string of the molecule is CC1CN(C(=O)c2ccc(-n3cncn3)c(F)c2)CCN1. The number of carbonyl (C=O) groups is 1. The third-order valence-electron chi connectivity index (χ3n) is 3.52. The van der Waals surface area contributed by atoms with Gasteiger partial charge in [-0.05, 0) is 25.1 Å². The van der Waals surface area contributed by atoms with Crippen molar-refractivity contribution in [2.24, 2.45) is 0 Å². The molecule has 0 radical (unpaired) electrons. The second kappa shape index (κ2) is 5.61. The molecule has 1 atom stereocenters. The minimum atomic E-state index is -0.491. The second-order valence-corrected chi connectivity index (χ2v) is 5.11. The average molecular weight is 289 g/mol. The van der Waals surface area contributed by atoms with Crippen LogP contribution < -0.4 is 5.32 Å². The lowest BCUT2D eigenvalue weighted by Crippen LogP contribution is -2.51. The number of aromatic nitrogens is 3. The lowest BCUT2D eigenvalue weighted by molar-refractivity contribution is 0.0708. The van der Waals surface area contributed by atoms with E-state index in [0.29, 0.717) is 18.7 Å². The summed E-state index contributed by atoms with van der Waals surface area (Å²) in [6.07, 6.45) is 2.75. The largest absolute Gasteiger partial charge is 0.336 e. The van der Waals surface area contributed by atoms with Crippen LogP contribution in [0.1, 0.15) is 17.3 Å². The van der Waals surface area contributed by atoms with Gasteiger partial charge in [0.2, 0.25) is 0 Å². The monoisotopic (exact) mass is 289 g/mol. The van der Waals surface area contributed by atoms with Gasteiger partial charge in [-0.25, -0.2) is 14.1 Å². The molecule has 3 rings (SSSR count). The van der Waals surface area contributed by atoms with Crippen molar-refractivity contribution in [1.82, 2.24) is 25.0 Å². The summed E-state index contributed by atoms with van der Waals surface area (Å²) in [6, 6.07) is 4.67. The normalized spacial score (nSPS) is 18.8. The van der Waals surface area contributed by atoms with Crippen molar-refractivity contribution in [3.05, 3.63) is 42.2 Å². The van der Waals surface area contributed by atoms with E-state index in [-0.39, 0.29) is 17.6 Å². The lowest BCUT2D eigenvalue weighted by Gasteiger charge is -2.32. The number of hydrogen-bond donors (Lipinski definition) is 1. The first-order valence-corrected chi connectivity index (χ1v) is 6.82. The highest BCUT2D eigenvalue weighted by Crippen LogP contribution is 2.16. The van der Waals surface area contributed by atoms with Crippen LogP contribution in [-0.4, -0.2) is 51.2 Å². The standard InChI is InChI=1S/C14H16FN5O/c1-10-7-19(5-4-17-10)14(21)11-2-3-13(12(15)6-11)20-9-16-8-18-20/h2-3,6,8-10,17H,4-5,7H2,1H3. The summed E-state index contributed by atoms with van der Waals surface area (Å²) in [5.41, 5.74) is 0.628. The number of rotatable bonds is 2. The Kier molecular flexibility index (Phi) is 3.66. The van der Waals surface area contributed by atoms with E-state index in [1.807, 2.05) is 6.92 Å². The molecule has 0 bridgehead atoms. The molecule has 1 aromatic carbocycles. The van der Waals surface area contributed by atoms with Gasteiger partial charge < -0.3 is 10.2 Å². The van der Waals surface area contributed by atoms with Gasteiger partial charge in [-0.2, -0.15) is 5.10 Å². The highest BCUT2D eigenvalue weighted by molar-refractivity contribution is 5.94. The van der Waals surface area contributed by atoms with Crippen LogP contribution in [0.3, 0.4) is 0 Å². The zero-order chi connectivity index (χ0) is 14.8. The van der Waals surface area contributed by atoms with Crippen LogP contribution in [0.25, 0.3) is 5.69 Å². The zero-order valence-corrected chi connectivity index (χ0v) is 11.7. The number of halogens is 1. The molecule has 1 aromatic heterocycles. The Labute approximate surface area is 121 Å². The maximum absolute atomic E-state index is 14.1. The maximum atomic E-state index is 14.1. The minimum Gasteiger partial charge on any atom is -0.336 e. The van der Waals surface area contributed by atoms with Crippen LogP contribution in [0.2, 0.25) is 0 Å². The molecule has 0 spiro atoms. The number of nitrogens with zero attached hydrogens (tertiary/aromatic N) is 4. The van der Waals surface area contributed by atoms with Crippen molar-refractivity contribution in [2.75, 3.05) is 19.6 Å². The molecule has 110 valence electrons. The van der Waals surface area contributed by atoms with Gasteiger partial charge in [0.1, 0.15) is 24.2 Å². The Morgan fingerprint density at radius 2 is 2.33 bits per heavy atom. The van der Waals surface area contributed by atoms with E-state index in [9.17, 15) is 9.18 Å². The van der Waals surface area contributed by atoms with Crippen LogP contribution in [0.15, 0.2) is 30.9 Å². The molecule has 1 unspecified atom stereocenters. The zero-order valence-electron chi connectivity index (χ0n) is 11.7. The quantitative estimate of drug-likeness (QED) is 0.890. The summed E-state index contributed by atoms with van der Waals surface area (Å²) in [5.74, 6) is -0.637. The highest BCUT2D eigenvalue weighted by atomic mass is 19.1. The molecule has 21 heavy (non-hydrogen) atoms. The van der Waals surface area contributed by atoms with Gasteiger partial charge >= 0.3 is 0 Å². The summed E-state index contributed by atoms with van der Waals surface area (Å²) in [5, 5.41) is 7.15. The Hall–Kier alpha value is -2.28. The summed E-state index contributed by atoms with van der Waals surface area (Å²) in [7, 11) is 0. The number of carbonyl (C=O) groups excluding carboxylic acids is 1. The van der Waals surface area contributed by atoms with Crippen molar-refractivity contribution >= 4 is 5.91 Å². The van der Waals surface area contributed by atoms with E-state index in [0.717, 1.165) is 6.54 Å². The number of piperazine rings is 1. The number of nitrogens with one attached hydrogen (secondary N) is 1. The molecule has 6 nitrogen and oxygen atoms in total. The van der Waals surface area contributed by atoms with E-state index in [4.69, 9.17) is 0 Å². The van der Waals surface area contributed by atoms with Crippen LogP contribution in [0, 0.1) is 5.82 Å². The molecule has 2 heterocycles. The van der Waals surface area contributed by atoms with Gasteiger partial charge in [-0.3, -0.25) is 4.79 Å². The van der Waals surface area contributed by atoms with Crippen molar-refractivity contribution in [3.8, 4) is 5.69 Å². The minimum absolute atomic E-state index is 0.146. The molecule has 1 amide bonds. The highest BCUT2D eigenvalue weighted by Gasteiger charge is 2.22. The van der Waals surface area contributed by atoms with Gasteiger partial charge in [0.05, 0.1) is 0 Å². The Morgan fingerprint density at radius 1 is 1.48 bits per heavy atom.